The molecule has 1 saturated carbocycles. The number of carbonyl (C=O) groups is 1. The quantitative estimate of drug-likeness (QED) is 0.886. The van der Waals surface area contributed by atoms with E-state index >= 15 is 0 Å². The highest BCUT2D eigenvalue weighted by molar-refractivity contribution is 5.96. The normalized spacial score (nSPS) is 18.7. The van der Waals surface area contributed by atoms with Crippen LogP contribution < -0.4 is 10.2 Å². The Morgan fingerprint density at radius 3 is 2.60 bits per heavy atom. The van der Waals surface area contributed by atoms with Gasteiger partial charge in [-0.1, -0.05) is 19.3 Å². The van der Waals surface area contributed by atoms with E-state index in [2.05, 4.69) is 29.3 Å². The Morgan fingerprint density at radius 2 is 1.84 bits per heavy atom. The minimum absolute atomic E-state index is 0.179. The van der Waals surface area contributed by atoms with Crippen LogP contribution in [0.1, 0.15) is 50.5 Å². The molecule has 1 aromatic heterocycles. The highest BCUT2D eigenvalue weighted by atomic mass is 16.1. The summed E-state index contributed by atoms with van der Waals surface area (Å²) in [7, 11) is 0. The third-order valence-electron chi connectivity index (χ3n) is 5.68. The lowest BCUT2D eigenvalue weighted by Gasteiger charge is -2.21. The maximum atomic E-state index is 12.5. The standard InChI is InChI=1S/C21H27N3O/c1-15-13-20(24-11-5-6-12-24)23-19-10-9-17(14-18(15)19)22-21(25)16-7-3-2-4-8-16/h9-10,13-14,16H,2-8,11-12H2,1H3,(H,22,25). The number of pyridine rings is 1. The molecule has 1 N–H and O–H groups in total. The van der Waals surface area contributed by atoms with Gasteiger partial charge in [-0.25, -0.2) is 4.98 Å². The van der Waals surface area contributed by atoms with Crippen LogP contribution in [-0.2, 0) is 4.79 Å². The number of fused-ring (bicyclic) bond motifs is 1. The van der Waals surface area contributed by atoms with Gasteiger partial charge in [0.1, 0.15) is 5.82 Å². The van der Waals surface area contributed by atoms with Crippen molar-refractivity contribution in [1.29, 1.82) is 0 Å². The van der Waals surface area contributed by atoms with Gasteiger partial charge < -0.3 is 10.2 Å². The lowest BCUT2D eigenvalue weighted by molar-refractivity contribution is -0.120. The van der Waals surface area contributed by atoms with Gasteiger partial charge in [0.2, 0.25) is 5.91 Å². The fraction of sp³-hybridized carbons (Fsp3) is 0.524. The van der Waals surface area contributed by atoms with E-state index in [0.717, 1.165) is 48.3 Å². The van der Waals surface area contributed by atoms with Crippen molar-refractivity contribution in [2.75, 3.05) is 23.3 Å². The van der Waals surface area contributed by atoms with Crippen LogP contribution >= 0.6 is 0 Å². The maximum absolute atomic E-state index is 12.5. The lowest BCUT2D eigenvalue weighted by atomic mass is 9.88. The van der Waals surface area contributed by atoms with Crippen molar-refractivity contribution < 1.29 is 4.79 Å². The minimum Gasteiger partial charge on any atom is -0.357 e. The summed E-state index contributed by atoms with van der Waals surface area (Å²) in [5.41, 5.74) is 3.13. The second-order valence-corrected chi connectivity index (χ2v) is 7.55. The van der Waals surface area contributed by atoms with Crippen molar-refractivity contribution in [1.82, 2.24) is 4.98 Å². The number of anilines is 2. The number of nitrogens with zero attached hydrogens (tertiary/aromatic N) is 2. The Labute approximate surface area is 149 Å². The Balaban J connectivity index is 1.56. The first-order chi connectivity index (χ1) is 12.2. The summed E-state index contributed by atoms with van der Waals surface area (Å²) < 4.78 is 0. The fourth-order valence-corrected chi connectivity index (χ4v) is 4.17. The van der Waals surface area contributed by atoms with Gasteiger partial charge in [0.25, 0.3) is 0 Å². The predicted molar refractivity (Wildman–Crippen MR) is 103 cm³/mol. The first-order valence-corrected chi connectivity index (χ1v) is 9.68. The van der Waals surface area contributed by atoms with Crippen LogP contribution in [-0.4, -0.2) is 24.0 Å². The molecule has 0 bridgehead atoms. The first-order valence-electron chi connectivity index (χ1n) is 9.68. The van der Waals surface area contributed by atoms with Crippen LogP contribution in [0, 0.1) is 12.8 Å². The summed E-state index contributed by atoms with van der Waals surface area (Å²) in [6.45, 7) is 4.34. The molecule has 2 aliphatic rings. The molecule has 1 aromatic carbocycles. The summed E-state index contributed by atoms with van der Waals surface area (Å²) in [4.78, 5) is 19.7. The Kier molecular flexibility index (Phi) is 4.60. The zero-order valence-corrected chi connectivity index (χ0v) is 15.1. The first kappa shape index (κ1) is 16.4. The highest BCUT2D eigenvalue weighted by Gasteiger charge is 2.21. The third-order valence-corrected chi connectivity index (χ3v) is 5.68. The van der Waals surface area contributed by atoms with Gasteiger partial charge in [-0.15, -0.1) is 0 Å². The molecule has 4 heteroatoms. The molecule has 1 amide bonds. The van der Waals surface area contributed by atoms with E-state index in [1.807, 2.05) is 12.1 Å². The van der Waals surface area contributed by atoms with Gasteiger partial charge in [-0.3, -0.25) is 4.79 Å². The molecular formula is C21H27N3O. The SMILES string of the molecule is Cc1cc(N2CCCC2)nc2ccc(NC(=O)C3CCCCC3)cc12. The van der Waals surface area contributed by atoms with Crippen molar-refractivity contribution in [3.05, 3.63) is 29.8 Å². The van der Waals surface area contributed by atoms with Crippen LogP contribution in [0.5, 0.6) is 0 Å². The number of nitrogens with one attached hydrogen (secondary N) is 1. The second-order valence-electron chi connectivity index (χ2n) is 7.55. The molecule has 4 rings (SSSR count). The van der Waals surface area contributed by atoms with Gasteiger partial charge in [0, 0.05) is 30.1 Å². The molecule has 2 aromatic rings. The zero-order chi connectivity index (χ0) is 17.2. The number of rotatable bonds is 3. The molecular weight excluding hydrogens is 310 g/mol. The van der Waals surface area contributed by atoms with E-state index in [4.69, 9.17) is 4.98 Å². The molecule has 0 atom stereocenters. The number of hydrogen-bond donors (Lipinski definition) is 1. The van der Waals surface area contributed by atoms with E-state index in [1.54, 1.807) is 0 Å². The van der Waals surface area contributed by atoms with Crippen molar-refractivity contribution in [3.63, 3.8) is 0 Å². The van der Waals surface area contributed by atoms with Crippen LogP contribution in [0.25, 0.3) is 10.9 Å². The number of benzene rings is 1. The van der Waals surface area contributed by atoms with E-state index in [-0.39, 0.29) is 11.8 Å². The lowest BCUT2D eigenvalue weighted by Crippen LogP contribution is -2.24. The Morgan fingerprint density at radius 1 is 1.08 bits per heavy atom. The number of aromatic nitrogens is 1. The number of aryl methyl sites for hydroxylation is 1. The van der Waals surface area contributed by atoms with Crippen LogP contribution in [0.2, 0.25) is 0 Å². The van der Waals surface area contributed by atoms with Crippen molar-refractivity contribution in [2.24, 2.45) is 5.92 Å². The van der Waals surface area contributed by atoms with E-state index in [9.17, 15) is 4.79 Å². The Hall–Kier alpha value is -2.10. The van der Waals surface area contributed by atoms with E-state index < -0.39 is 0 Å². The highest BCUT2D eigenvalue weighted by Crippen LogP contribution is 2.28. The number of hydrogen-bond acceptors (Lipinski definition) is 3. The predicted octanol–water partition coefficient (Wildman–Crippen LogP) is 4.66. The smallest absolute Gasteiger partial charge is 0.227 e. The molecule has 2 heterocycles. The largest absolute Gasteiger partial charge is 0.357 e. The minimum atomic E-state index is 0.179. The van der Waals surface area contributed by atoms with E-state index in [0.29, 0.717) is 0 Å². The maximum Gasteiger partial charge on any atom is 0.227 e. The Bertz CT molecular complexity index is 774. The molecule has 0 unspecified atom stereocenters. The third kappa shape index (κ3) is 3.48. The molecule has 4 nitrogen and oxygen atoms in total. The molecule has 25 heavy (non-hydrogen) atoms. The summed E-state index contributed by atoms with van der Waals surface area (Å²) >= 11 is 0. The van der Waals surface area contributed by atoms with Crippen molar-refractivity contribution in [3.8, 4) is 0 Å². The fourth-order valence-electron chi connectivity index (χ4n) is 4.17. The molecule has 2 fully saturated rings. The summed E-state index contributed by atoms with van der Waals surface area (Å²) in [5, 5.41) is 4.25. The van der Waals surface area contributed by atoms with Gasteiger partial charge in [-0.2, -0.15) is 0 Å². The summed E-state index contributed by atoms with van der Waals surface area (Å²) in [6, 6.07) is 8.29. The van der Waals surface area contributed by atoms with Crippen molar-refractivity contribution in [2.45, 2.75) is 51.9 Å². The molecule has 0 radical (unpaired) electrons. The molecule has 1 aliphatic carbocycles. The van der Waals surface area contributed by atoms with Crippen LogP contribution in [0.15, 0.2) is 24.3 Å². The number of carbonyl (C=O) groups excluding carboxylic acids is 1. The van der Waals surface area contributed by atoms with E-state index in [1.165, 1.54) is 37.7 Å². The summed E-state index contributed by atoms with van der Waals surface area (Å²) in [6.07, 6.45) is 8.19. The molecule has 1 aliphatic heterocycles. The molecule has 0 spiro atoms. The molecule has 1 saturated heterocycles. The van der Waals surface area contributed by atoms with Crippen molar-refractivity contribution >= 4 is 28.3 Å². The molecule has 132 valence electrons. The van der Waals surface area contributed by atoms with Gasteiger partial charge in [0.15, 0.2) is 0 Å². The monoisotopic (exact) mass is 337 g/mol. The average Bonchev–Trinajstić information content (AvgIpc) is 3.17. The van der Waals surface area contributed by atoms with Crippen LogP contribution in [0.3, 0.4) is 0 Å². The van der Waals surface area contributed by atoms with Gasteiger partial charge in [0.05, 0.1) is 5.52 Å². The van der Waals surface area contributed by atoms with Gasteiger partial charge in [-0.05, 0) is 62.4 Å². The van der Waals surface area contributed by atoms with Gasteiger partial charge >= 0.3 is 0 Å². The number of amides is 1. The van der Waals surface area contributed by atoms with Crippen LogP contribution in [0.4, 0.5) is 11.5 Å². The summed E-state index contributed by atoms with van der Waals surface area (Å²) in [5.74, 6) is 1.45. The zero-order valence-electron chi connectivity index (χ0n) is 15.1. The second kappa shape index (κ2) is 7.03. The average molecular weight is 337 g/mol. The topological polar surface area (TPSA) is 45.2 Å².